The lowest BCUT2D eigenvalue weighted by Crippen LogP contribution is -2.17. The topological polar surface area (TPSA) is 102 Å². The molecule has 1 aromatic heterocycles. The number of ether oxygens (including phenoxy) is 1. The first kappa shape index (κ1) is 21.2. The number of aromatic nitrogens is 1. The molecule has 0 spiro atoms. The number of rotatable bonds is 7. The number of nitrogens with one attached hydrogen (secondary N) is 1. The highest BCUT2D eigenvalue weighted by molar-refractivity contribution is 7.91. The lowest BCUT2D eigenvalue weighted by molar-refractivity contribution is -0.115. The van der Waals surface area contributed by atoms with Crippen LogP contribution in [0.15, 0.2) is 47.4 Å². The Morgan fingerprint density at radius 2 is 1.90 bits per heavy atom. The van der Waals surface area contributed by atoms with Gasteiger partial charge in [0.1, 0.15) is 0 Å². The second kappa shape index (κ2) is 8.89. The fraction of sp³-hybridized carbons (Fsp3) is 0.211. The summed E-state index contributed by atoms with van der Waals surface area (Å²) in [5.74, 6) is -1.23. The number of hydrogen-bond donors (Lipinski definition) is 1. The van der Waals surface area contributed by atoms with Crippen molar-refractivity contribution >= 4 is 60.0 Å². The number of benzene rings is 2. The first-order valence-corrected chi connectivity index (χ1v) is 11.5. The molecule has 3 rings (SSSR count). The second-order valence-electron chi connectivity index (χ2n) is 5.99. The van der Waals surface area contributed by atoms with Gasteiger partial charge in [-0.3, -0.25) is 4.79 Å². The molecule has 0 radical (unpaired) electrons. The van der Waals surface area contributed by atoms with E-state index in [2.05, 4.69) is 10.3 Å². The van der Waals surface area contributed by atoms with E-state index in [4.69, 9.17) is 16.3 Å². The highest BCUT2D eigenvalue weighted by Crippen LogP contribution is 2.27. The Morgan fingerprint density at radius 3 is 2.59 bits per heavy atom. The summed E-state index contributed by atoms with van der Waals surface area (Å²) in [7, 11) is -3.60. The summed E-state index contributed by atoms with van der Waals surface area (Å²) in [5, 5.41) is 3.37. The number of fused-ring (bicyclic) bond motifs is 1. The third kappa shape index (κ3) is 5.31. The number of halogens is 1. The molecule has 0 bridgehead atoms. The van der Waals surface area contributed by atoms with Crippen molar-refractivity contribution in [1.82, 2.24) is 4.98 Å². The van der Waals surface area contributed by atoms with Crippen LogP contribution in [-0.4, -0.2) is 37.6 Å². The highest BCUT2D eigenvalue weighted by atomic mass is 35.5. The summed E-state index contributed by atoms with van der Waals surface area (Å²) in [5.41, 5.74) is 1.02. The minimum absolute atomic E-state index is 0.112. The van der Waals surface area contributed by atoms with E-state index in [1.54, 1.807) is 25.1 Å². The molecule has 3 aromatic rings. The molecule has 10 heteroatoms. The number of nitrogens with zero attached hydrogens (tertiary/aromatic N) is 1. The average Bonchev–Trinajstić information content (AvgIpc) is 3.08. The Bertz CT molecular complexity index is 1160. The number of esters is 1. The number of sulfone groups is 1. The molecular weight excluding hydrogens is 436 g/mol. The van der Waals surface area contributed by atoms with Crippen LogP contribution in [0.5, 0.6) is 0 Å². The van der Waals surface area contributed by atoms with Crippen molar-refractivity contribution in [3.05, 3.63) is 53.1 Å². The molecule has 152 valence electrons. The van der Waals surface area contributed by atoms with Crippen LogP contribution in [-0.2, 0) is 19.4 Å². The van der Waals surface area contributed by atoms with E-state index in [0.29, 0.717) is 25.9 Å². The molecule has 0 unspecified atom stereocenters. The molecule has 0 saturated heterocycles. The summed E-state index contributed by atoms with van der Waals surface area (Å²) in [6.45, 7) is 2.00. The van der Waals surface area contributed by atoms with Crippen LogP contribution in [0, 0.1) is 0 Å². The summed E-state index contributed by atoms with van der Waals surface area (Å²) >= 11 is 6.96. The van der Waals surface area contributed by atoms with Gasteiger partial charge in [0.2, 0.25) is 5.91 Å². The molecule has 0 fully saturated rings. The van der Waals surface area contributed by atoms with Crippen molar-refractivity contribution in [3.8, 4) is 0 Å². The van der Waals surface area contributed by atoms with Crippen molar-refractivity contribution in [3.63, 3.8) is 0 Å². The van der Waals surface area contributed by atoms with Gasteiger partial charge in [0, 0.05) is 11.4 Å². The molecule has 0 saturated carbocycles. The molecule has 29 heavy (non-hydrogen) atoms. The molecule has 1 N–H and O–H groups in total. The standard InChI is InChI=1S/C19H17ClN2O5S2/c1-2-27-18(24)12-3-8-15-16(11-12)28-19(21-15)22-17(23)9-10-29(25,26)14-6-4-13(20)5-7-14/h3-8,11H,2,9-10H2,1H3,(H,21,22,23). The van der Waals surface area contributed by atoms with E-state index in [0.717, 1.165) is 0 Å². The molecule has 1 amide bonds. The molecule has 0 aliphatic rings. The van der Waals surface area contributed by atoms with Crippen LogP contribution < -0.4 is 5.32 Å². The van der Waals surface area contributed by atoms with E-state index in [9.17, 15) is 18.0 Å². The van der Waals surface area contributed by atoms with E-state index in [1.165, 1.54) is 35.6 Å². The summed E-state index contributed by atoms with van der Waals surface area (Å²) in [4.78, 5) is 28.4. The van der Waals surface area contributed by atoms with Gasteiger partial charge in [-0.2, -0.15) is 0 Å². The van der Waals surface area contributed by atoms with Crippen LogP contribution in [0.25, 0.3) is 10.2 Å². The molecule has 1 heterocycles. The maximum Gasteiger partial charge on any atom is 0.338 e. The zero-order valence-corrected chi connectivity index (χ0v) is 17.7. The third-order valence-electron chi connectivity index (χ3n) is 3.92. The molecule has 0 atom stereocenters. The van der Waals surface area contributed by atoms with Crippen LogP contribution in [0.1, 0.15) is 23.7 Å². The van der Waals surface area contributed by atoms with Gasteiger partial charge in [0.05, 0.1) is 33.0 Å². The van der Waals surface area contributed by atoms with Gasteiger partial charge >= 0.3 is 5.97 Å². The predicted octanol–water partition coefficient (Wildman–Crippen LogP) is 3.93. The van der Waals surface area contributed by atoms with Gasteiger partial charge in [0.25, 0.3) is 0 Å². The zero-order chi connectivity index (χ0) is 21.0. The number of hydrogen-bond acceptors (Lipinski definition) is 7. The molecular formula is C19H17ClN2O5S2. The van der Waals surface area contributed by atoms with E-state index >= 15 is 0 Å². The van der Waals surface area contributed by atoms with Crippen LogP contribution >= 0.6 is 22.9 Å². The Hall–Kier alpha value is -2.49. The summed E-state index contributed by atoms with van der Waals surface area (Å²) in [6, 6.07) is 10.7. The Morgan fingerprint density at radius 1 is 1.17 bits per heavy atom. The van der Waals surface area contributed by atoms with Crippen molar-refractivity contribution in [1.29, 1.82) is 0 Å². The normalized spacial score (nSPS) is 11.4. The highest BCUT2D eigenvalue weighted by Gasteiger charge is 2.17. The van der Waals surface area contributed by atoms with E-state index < -0.39 is 21.7 Å². The first-order chi connectivity index (χ1) is 13.8. The van der Waals surface area contributed by atoms with Gasteiger partial charge in [-0.15, -0.1) is 0 Å². The quantitative estimate of drug-likeness (QED) is 0.545. The maximum atomic E-state index is 12.3. The van der Waals surface area contributed by atoms with Gasteiger partial charge in [-0.05, 0) is 49.4 Å². The molecule has 0 aliphatic heterocycles. The fourth-order valence-corrected chi connectivity index (χ4v) is 4.78. The Kier molecular flexibility index (Phi) is 6.51. The first-order valence-electron chi connectivity index (χ1n) is 8.64. The average molecular weight is 453 g/mol. The number of amides is 1. The van der Waals surface area contributed by atoms with Gasteiger partial charge in [-0.25, -0.2) is 18.2 Å². The monoisotopic (exact) mass is 452 g/mol. The SMILES string of the molecule is CCOC(=O)c1ccc2nc(NC(=O)CCS(=O)(=O)c3ccc(Cl)cc3)sc2c1. The van der Waals surface area contributed by atoms with Crippen molar-refractivity contribution in [2.24, 2.45) is 0 Å². The van der Waals surface area contributed by atoms with E-state index in [1.807, 2.05) is 0 Å². The summed E-state index contributed by atoms with van der Waals surface area (Å²) < 4.78 is 30.3. The summed E-state index contributed by atoms with van der Waals surface area (Å²) in [6.07, 6.45) is -0.213. The number of anilines is 1. The molecule has 0 aliphatic carbocycles. The lowest BCUT2D eigenvalue weighted by Gasteiger charge is -2.04. The maximum absolute atomic E-state index is 12.3. The van der Waals surface area contributed by atoms with E-state index in [-0.39, 0.29) is 23.7 Å². The predicted molar refractivity (Wildman–Crippen MR) is 112 cm³/mol. The largest absolute Gasteiger partial charge is 0.462 e. The molecule has 2 aromatic carbocycles. The Balaban J connectivity index is 1.65. The number of carbonyl (C=O) groups excluding carboxylic acids is 2. The van der Waals surface area contributed by atoms with Gasteiger partial charge < -0.3 is 10.1 Å². The van der Waals surface area contributed by atoms with Crippen molar-refractivity contribution in [2.75, 3.05) is 17.7 Å². The zero-order valence-electron chi connectivity index (χ0n) is 15.3. The van der Waals surface area contributed by atoms with Crippen molar-refractivity contribution in [2.45, 2.75) is 18.2 Å². The van der Waals surface area contributed by atoms with Crippen LogP contribution in [0.2, 0.25) is 5.02 Å². The molecule has 7 nitrogen and oxygen atoms in total. The van der Waals surface area contributed by atoms with Gasteiger partial charge in [-0.1, -0.05) is 22.9 Å². The third-order valence-corrected chi connectivity index (χ3v) is 6.83. The fourth-order valence-electron chi connectivity index (χ4n) is 2.49. The van der Waals surface area contributed by atoms with Crippen molar-refractivity contribution < 1.29 is 22.7 Å². The number of carbonyl (C=O) groups is 2. The van der Waals surface area contributed by atoms with Crippen LogP contribution in [0.3, 0.4) is 0 Å². The number of thiazole rings is 1. The lowest BCUT2D eigenvalue weighted by atomic mass is 10.2. The van der Waals surface area contributed by atoms with Crippen LogP contribution in [0.4, 0.5) is 5.13 Å². The minimum Gasteiger partial charge on any atom is -0.462 e. The minimum atomic E-state index is -3.60. The second-order valence-corrected chi connectivity index (χ2v) is 9.57. The van der Waals surface area contributed by atoms with Gasteiger partial charge in [0.15, 0.2) is 15.0 Å². The Labute approximate surface area is 176 Å². The smallest absolute Gasteiger partial charge is 0.338 e.